The van der Waals surface area contributed by atoms with E-state index in [1.165, 1.54) is 15.3 Å². The van der Waals surface area contributed by atoms with Crippen molar-refractivity contribution in [2.75, 3.05) is 13.1 Å². The number of nitrogens with zero attached hydrogens (tertiary/aromatic N) is 1. The van der Waals surface area contributed by atoms with Crippen molar-refractivity contribution in [3.05, 3.63) is 57.8 Å². The number of aryl methyl sites for hydroxylation is 1. The van der Waals surface area contributed by atoms with Gasteiger partial charge in [0.05, 0.1) is 0 Å². The zero-order valence-corrected chi connectivity index (χ0v) is 13.0. The molecule has 1 aromatic heterocycles. The Labute approximate surface area is 125 Å². The highest BCUT2D eigenvalue weighted by molar-refractivity contribution is 7.11. The SMILES string of the molecule is Cc1ccc(CN2CC(c3ccccc3)NCC2C)s1. The Balaban J connectivity index is 1.70. The minimum absolute atomic E-state index is 0.452. The molecule has 2 unspecified atom stereocenters. The Bertz CT molecular complexity index is 549. The van der Waals surface area contributed by atoms with E-state index in [2.05, 4.69) is 66.5 Å². The topological polar surface area (TPSA) is 15.3 Å². The van der Waals surface area contributed by atoms with Gasteiger partial charge in [-0.15, -0.1) is 11.3 Å². The molecule has 0 bridgehead atoms. The van der Waals surface area contributed by atoms with Gasteiger partial charge >= 0.3 is 0 Å². The van der Waals surface area contributed by atoms with Gasteiger partial charge in [-0.2, -0.15) is 0 Å². The first-order chi connectivity index (χ1) is 9.72. The van der Waals surface area contributed by atoms with Gasteiger partial charge in [-0.1, -0.05) is 30.3 Å². The normalized spacial score (nSPS) is 23.9. The fraction of sp³-hybridized carbons (Fsp3) is 0.412. The van der Waals surface area contributed by atoms with E-state index in [0.717, 1.165) is 19.6 Å². The summed E-state index contributed by atoms with van der Waals surface area (Å²) in [6, 6.07) is 16.3. The maximum Gasteiger partial charge on any atom is 0.0450 e. The Hall–Kier alpha value is -1.16. The highest BCUT2D eigenvalue weighted by Gasteiger charge is 2.25. The van der Waals surface area contributed by atoms with Crippen LogP contribution in [0.2, 0.25) is 0 Å². The molecule has 20 heavy (non-hydrogen) atoms. The van der Waals surface area contributed by atoms with Gasteiger partial charge in [0.1, 0.15) is 0 Å². The Kier molecular flexibility index (Phi) is 4.20. The molecule has 0 aliphatic carbocycles. The number of piperazine rings is 1. The quantitative estimate of drug-likeness (QED) is 0.927. The van der Waals surface area contributed by atoms with E-state index >= 15 is 0 Å². The van der Waals surface area contributed by atoms with E-state index in [-0.39, 0.29) is 0 Å². The number of nitrogens with one attached hydrogen (secondary N) is 1. The van der Waals surface area contributed by atoms with Crippen LogP contribution < -0.4 is 5.32 Å². The summed E-state index contributed by atoms with van der Waals surface area (Å²) in [5.74, 6) is 0. The molecule has 1 aromatic carbocycles. The second kappa shape index (κ2) is 6.08. The number of hydrogen-bond acceptors (Lipinski definition) is 3. The molecule has 106 valence electrons. The van der Waals surface area contributed by atoms with Crippen LogP contribution in [0.4, 0.5) is 0 Å². The van der Waals surface area contributed by atoms with Crippen LogP contribution in [0.25, 0.3) is 0 Å². The predicted octanol–water partition coefficient (Wildman–Crippen LogP) is 3.59. The average Bonchev–Trinajstić information content (AvgIpc) is 2.88. The van der Waals surface area contributed by atoms with E-state index in [9.17, 15) is 0 Å². The number of benzene rings is 1. The van der Waals surface area contributed by atoms with Crippen molar-refractivity contribution in [3.8, 4) is 0 Å². The molecule has 3 heteroatoms. The number of rotatable bonds is 3. The van der Waals surface area contributed by atoms with E-state index < -0.39 is 0 Å². The van der Waals surface area contributed by atoms with Crippen LogP contribution in [0.3, 0.4) is 0 Å². The molecule has 2 nitrogen and oxygen atoms in total. The van der Waals surface area contributed by atoms with Gasteiger partial charge in [-0.3, -0.25) is 4.90 Å². The molecule has 1 saturated heterocycles. The fourth-order valence-corrected chi connectivity index (χ4v) is 3.74. The summed E-state index contributed by atoms with van der Waals surface area (Å²) in [5.41, 5.74) is 1.40. The van der Waals surface area contributed by atoms with Crippen molar-refractivity contribution in [2.45, 2.75) is 32.5 Å². The monoisotopic (exact) mass is 286 g/mol. The summed E-state index contributed by atoms with van der Waals surface area (Å²) in [4.78, 5) is 5.48. The molecule has 2 heterocycles. The van der Waals surface area contributed by atoms with Gasteiger partial charge < -0.3 is 5.32 Å². The predicted molar refractivity (Wildman–Crippen MR) is 86.1 cm³/mol. The molecule has 0 amide bonds. The molecule has 1 N–H and O–H groups in total. The molecule has 0 radical (unpaired) electrons. The van der Waals surface area contributed by atoms with Crippen LogP contribution in [0.5, 0.6) is 0 Å². The van der Waals surface area contributed by atoms with Crippen molar-refractivity contribution < 1.29 is 0 Å². The van der Waals surface area contributed by atoms with E-state index in [1.807, 2.05) is 11.3 Å². The largest absolute Gasteiger partial charge is 0.307 e. The lowest BCUT2D eigenvalue weighted by atomic mass is 10.0. The highest BCUT2D eigenvalue weighted by Crippen LogP contribution is 2.24. The van der Waals surface area contributed by atoms with Crippen molar-refractivity contribution in [1.82, 2.24) is 10.2 Å². The third-order valence-corrected chi connectivity index (χ3v) is 5.04. The lowest BCUT2D eigenvalue weighted by Crippen LogP contribution is -2.50. The minimum atomic E-state index is 0.452. The summed E-state index contributed by atoms with van der Waals surface area (Å²) in [6.07, 6.45) is 0. The van der Waals surface area contributed by atoms with Gasteiger partial charge in [0.25, 0.3) is 0 Å². The van der Waals surface area contributed by atoms with E-state index in [0.29, 0.717) is 12.1 Å². The molecule has 1 aliphatic heterocycles. The lowest BCUT2D eigenvalue weighted by Gasteiger charge is -2.38. The van der Waals surface area contributed by atoms with Crippen LogP contribution in [0.1, 0.15) is 28.3 Å². The van der Waals surface area contributed by atoms with Gasteiger partial charge in [-0.05, 0) is 31.5 Å². The smallest absolute Gasteiger partial charge is 0.0450 e. The Morgan fingerprint density at radius 3 is 2.70 bits per heavy atom. The summed E-state index contributed by atoms with van der Waals surface area (Å²) < 4.78 is 0. The number of hydrogen-bond donors (Lipinski definition) is 1. The summed E-state index contributed by atoms with van der Waals surface area (Å²) in [5, 5.41) is 3.67. The zero-order chi connectivity index (χ0) is 13.9. The van der Waals surface area contributed by atoms with Crippen LogP contribution in [0, 0.1) is 6.92 Å². The van der Waals surface area contributed by atoms with Crippen LogP contribution in [-0.2, 0) is 6.54 Å². The molecule has 1 fully saturated rings. The summed E-state index contributed by atoms with van der Waals surface area (Å²) >= 11 is 1.92. The first-order valence-electron chi connectivity index (χ1n) is 7.30. The van der Waals surface area contributed by atoms with E-state index in [4.69, 9.17) is 0 Å². The first-order valence-corrected chi connectivity index (χ1v) is 8.12. The maximum atomic E-state index is 3.67. The third kappa shape index (κ3) is 3.11. The van der Waals surface area contributed by atoms with Gasteiger partial charge in [0.15, 0.2) is 0 Å². The second-order valence-corrected chi connectivity index (χ2v) is 7.03. The van der Waals surface area contributed by atoms with Gasteiger partial charge in [0, 0.05) is 41.5 Å². The first kappa shape index (κ1) is 13.8. The van der Waals surface area contributed by atoms with Crippen LogP contribution in [-0.4, -0.2) is 24.0 Å². The molecule has 1 aliphatic rings. The maximum absolute atomic E-state index is 3.67. The molecule has 3 rings (SSSR count). The summed E-state index contributed by atoms with van der Waals surface area (Å²) in [7, 11) is 0. The molecular formula is C17H22N2S. The molecule has 0 saturated carbocycles. The molecule has 0 spiro atoms. The standard InChI is InChI=1S/C17H22N2S/c1-13-10-18-17(15-6-4-3-5-7-15)12-19(13)11-16-9-8-14(2)20-16/h3-9,13,17-18H,10-12H2,1-2H3. The summed E-state index contributed by atoms with van der Waals surface area (Å²) in [6.45, 7) is 7.72. The third-order valence-electron chi connectivity index (χ3n) is 4.06. The highest BCUT2D eigenvalue weighted by atomic mass is 32.1. The van der Waals surface area contributed by atoms with Crippen molar-refractivity contribution in [1.29, 1.82) is 0 Å². The molecular weight excluding hydrogens is 264 g/mol. The van der Waals surface area contributed by atoms with Crippen molar-refractivity contribution in [2.24, 2.45) is 0 Å². The Morgan fingerprint density at radius 2 is 2.00 bits per heavy atom. The van der Waals surface area contributed by atoms with Gasteiger partial charge in [-0.25, -0.2) is 0 Å². The number of thiophene rings is 1. The Morgan fingerprint density at radius 1 is 1.20 bits per heavy atom. The van der Waals surface area contributed by atoms with Crippen LogP contribution >= 0.6 is 11.3 Å². The zero-order valence-electron chi connectivity index (χ0n) is 12.2. The van der Waals surface area contributed by atoms with E-state index in [1.54, 1.807) is 0 Å². The minimum Gasteiger partial charge on any atom is -0.307 e. The average molecular weight is 286 g/mol. The van der Waals surface area contributed by atoms with Gasteiger partial charge in [0.2, 0.25) is 0 Å². The lowest BCUT2D eigenvalue weighted by molar-refractivity contribution is 0.134. The van der Waals surface area contributed by atoms with Crippen molar-refractivity contribution in [3.63, 3.8) is 0 Å². The second-order valence-electron chi connectivity index (χ2n) is 5.66. The van der Waals surface area contributed by atoms with Crippen molar-refractivity contribution >= 4 is 11.3 Å². The molecule has 2 atom stereocenters. The van der Waals surface area contributed by atoms with Crippen LogP contribution in [0.15, 0.2) is 42.5 Å². The molecule has 2 aromatic rings. The fourth-order valence-electron chi connectivity index (χ4n) is 2.82.